The molecule has 34 heavy (non-hydrogen) atoms. The van der Waals surface area contributed by atoms with Crippen molar-refractivity contribution < 1.29 is 29.5 Å². The second kappa shape index (κ2) is 12.0. The Morgan fingerprint density at radius 1 is 1.12 bits per heavy atom. The molecule has 0 aliphatic heterocycles. The van der Waals surface area contributed by atoms with E-state index in [2.05, 4.69) is 15.5 Å². The number of nitrogens with two attached hydrogens (primary N) is 2. The number of carboxylic acid groups (broad SMARTS) is 1. The van der Waals surface area contributed by atoms with Crippen LogP contribution in [0.15, 0.2) is 72.1 Å². The molecule has 13 heteroatoms. The Morgan fingerprint density at radius 2 is 1.76 bits per heavy atom. The van der Waals surface area contributed by atoms with E-state index in [1.54, 1.807) is 0 Å². The van der Waals surface area contributed by atoms with Crippen molar-refractivity contribution in [2.24, 2.45) is 10.8 Å². The summed E-state index contributed by atoms with van der Waals surface area (Å²) in [6, 6.07) is 12.5. The molecule has 3 rings (SSSR count). The van der Waals surface area contributed by atoms with Gasteiger partial charge in [0.1, 0.15) is 23.7 Å². The van der Waals surface area contributed by atoms with E-state index in [1.807, 2.05) is 0 Å². The number of amides is 1. The van der Waals surface area contributed by atoms with E-state index in [0.29, 0.717) is 17.0 Å². The maximum atomic E-state index is 11.7. The van der Waals surface area contributed by atoms with Gasteiger partial charge in [-0.15, -0.1) is 0 Å². The molecule has 3 aromatic rings. The number of carbonyl (C=O) groups excluding carboxylic acids is 1. The number of ether oxygens (including phenoxy) is 1. The van der Waals surface area contributed by atoms with Gasteiger partial charge in [-0.1, -0.05) is 0 Å². The van der Waals surface area contributed by atoms with E-state index >= 15 is 0 Å². The number of carboxylic acids is 1. The van der Waals surface area contributed by atoms with E-state index in [0.717, 1.165) is 0 Å². The number of nitrogen functional groups attached to an aromatic ring is 1. The zero-order valence-electron chi connectivity index (χ0n) is 17.5. The average Bonchev–Trinajstić information content (AvgIpc) is 2.82. The third kappa shape index (κ3) is 7.81. The molecule has 0 bridgehead atoms. The van der Waals surface area contributed by atoms with Gasteiger partial charge < -0.3 is 26.4 Å². The van der Waals surface area contributed by atoms with Crippen molar-refractivity contribution >= 4 is 29.1 Å². The first kappa shape index (κ1) is 25.1. The zero-order chi connectivity index (χ0) is 25.1. The van der Waals surface area contributed by atoms with Crippen LogP contribution >= 0.6 is 0 Å². The number of carbonyl (C=O) groups is 2. The van der Waals surface area contributed by atoms with Gasteiger partial charge in [0.05, 0.1) is 4.92 Å². The van der Waals surface area contributed by atoms with Gasteiger partial charge in [0.25, 0.3) is 11.6 Å². The second-order valence-electron chi connectivity index (χ2n) is 6.40. The van der Waals surface area contributed by atoms with Crippen LogP contribution < -0.4 is 21.6 Å². The van der Waals surface area contributed by atoms with Crippen molar-refractivity contribution in [3.63, 3.8) is 0 Å². The number of anilines is 1. The lowest BCUT2D eigenvalue weighted by molar-refractivity contribution is -0.384. The summed E-state index contributed by atoms with van der Waals surface area (Å²) in [7, 11) is 0. The van der Waals surface area contributed by atoms with E-state index in [1.165, 1.54) is 67.0 Å². The average molecular weight is 468 g/mol. The fourth-order valence-corrected chi connectivity index (χ4v) is 2.27. The van der Waals surface area contributed by atoms with Gasteiger partial charge in [-0.05, 0) is 36.4 Å². The van der Waals surface area contributed by atoms with E-state index in [9.17, 15) is 19.7 Å². The monoisotopic (exact) mass is 468 g/mol. The summed E-state index contributed by atoms with van der Waals surface area (Å²) in [5, 5.41) is 31.7. The van der Waals surface area contributed by atoms with Crippen LogP contribution in [-0.2, 0) is 0 Å². The first-order chi connectivity index (χ1) is 16.2. The van der Waals surface area contributed by atoms with E-state index in [-0.39, 0.29) is 29.4 Å². The molecule has 176 valence electrons. The molecule has 0 unspecified atom stereocenters. The van der Waals surface area contributed by atoms with Gasteiger partial charge in [-0.3, -0.25) is 19.9 Å². The summed E-state index contributed by atoms with van der Waals surface area (Å²) in [5.74, 6) is -1.45. The SMILES string of the molecule is N/C(COc1ccc([N+](=O)[O-])cc1)=N/NC(=O)c1ccncc1.Nc1ccc(C(=O)O)c(O)c1. The minimum Gasteiger partial charge on any atom is -0.507 e. The van der Waals surface area contributed by atoms with Crippen LogP contribution in [0.5, 0.6) is 11.5 Å². The van der Waals surface area contributed by atoms with Crippen molar-refractivity contribution in [1.29, 1.82) is 0 Å². The number of nitro benzene ring substituents is 1. The number of benzene rings is 2. The number of phenols is 1. The van der Waals surface area contributed by atoms with Crippen LogP contribution in [0, 0.1) is 10.1 Å². The number of amidine groups is 1. The predicted molar refractivity (Wildman–Crippen MR) is 121 cm³/mol. The standard InChI is InChI=1S/C14H13N5O4.C7H7NO3/c15-13(17-18-14(20)10-5-7-16-8-6-10)9-23-12-3-1-11(2-4-12)19(21)22;8-4-1-2-5(7(10)11)6(9)3-4/h1-8H,9H2,(H2,15,17)(H,18,20);1-3,9H,8H2,(H,10,11). The maximum absolute atomic E-state index is 11.7. The molecule has 2 aromatic carbocycles. The Hall–Kier alpha value is -5.20. The van der Waals surface area contributed by atoms with Crippen LogP contribution in [0.25, 0.3) is 0 Å². The Kier molecular flexibility index (Phi) is 8.84. The molecule has 1 amide bonds. The third-order valence-electron chi connectivity index (χ3n) is 3.93. The van der Waals surface area contributed by atoms with Gasteiger partial charge in [0.2, 0.25) is 0 Å². The highest BCUT2D eigenvalue weighted by Crippen LogP contribution is 2.19. The first-order valence-corrected chi connectivity index (χ1v) is 9.38. The Bertz CT molecular complexity index is 1180. The number of non-ortho nitro benzene ring substituents is 1. The number of nitrogens with zero attached hydrogens (tertiary/aromatic N) is 3. The van der Waals surface area contributed by atoms with Gasteiger partial charge in [0, 0.05) is 41.8 Å². The number of nitrogens with one attached hydrogen (secondary N) is 1. The lowest BCUT2D eigenvalue weighted by atomic mass is 10.2. The third-order valence-corrected chi connectivity index (χ3v) is 3.93. The topological polar surface area (TPSA) is 216 Å². The van der Waals surface area contributed by atoms with E-state index < -0.39 is 16.8 Å². The summed E-state index contributed by atoms with van der Waals surface area (Å²) >= 11 is 0. The molecule has 0 saturated heterocycles. The van der Waals surface area contributed by atoms with Gasteiger partial charge in [-0.2, -0.15) is 5.10 Å². The predicted octanol–water partition coefficient (Wildman–Crippen LogP) is 1.74. The van der Waals surface area contributed by atoms with Crippen LogP contribution in [0.2, 0.25) is 0 Å². The molecular weight excluding hydrogens is 448 g/mol. The second-order valence-corrected chi connectivity index (χ2v) is 6.40. The van der Waals surface area contributed by atoms with Gasteiger partial charge in [-0.25, -0.2) is 10.2 Å². The van der Waals surface area contributed by atoms with Crippen LogP contribution in [0.4, 0.5) is 11.4 Å². The molecule has 0 atom stereocenters. The molecule has 0 aliphatic rings. The number of aromatic carboxylic acids is 1. The Labute approximate surface area is 192 Å². The summed E-state index contributed by atoms with van der Waals surface area (Å²) < 4.78 is 5.30. The molecule has 7 N–H and O–H groups in total. The number of aromatic nitrogens is 1. The molecular formula is C21H20N6O7. The zero-order valence-corrected chi connectivity index (χ0v) is 17.5. The highest BCUT2D eigenvalue weighted by molar-refractivity contribution is 5.95. The fraction of sp³-hybridized carbons (Fsp3) is 0.0476. The first-order valence-electron chi connectivity index (χ1n) is 9.38. The fourth-order valence-electron chi connectivity index (χ4n) is 2.27. The number of pyridine rings is 1. The Balaban J connectivity index is 0.000000310. The molecule has 0 fully saturated rings. The number of aromatic hydroxyl groups is 1. The van der Waals surface area contributed by atoms with E-state index in [4.69, 9.17) is 26.4 Å². The van der Waals surface area contributed by atoms with Crippen molar-refractivity contribution in [3.8, 4) is 11.5 Å². The molecule has 0 aliphatic carbocycles. The van der Waals surface area contributed by atoms with Crippen molar-refractivity contribution in [1.82, 2.24) is 10.4 Å². The van der Waals surface area contributed by atoms with Crippen LogP contribution in [0.1, 0.15) is 20.7 Å². The summed E-state index contributed by atoms with van der Waals surface area (Å²) in [4.78, 5) is 35.9. The maximum Gasteiger partial charge on any atom is 0.339 e. The smallest absolute Gasteiger partial charge is 0.339 e. The molecule has 1 heterocycles. The summed E-state index contributed by atoms with van der Waals surface area (Å²) in [5.41, 5.74) is 13.7. The number of hydrazone groups is 1. The number of hydrogen-bond acceptors (Lipinski definition) is 9. The highest BCUT2D eigenvalue weighted by atomic mass is 16.6. The lowest BCUT2D eigenvalue weighted by Crippen LogP contribution is -2.27. The minimum absolute atomic E-state index is 0.0383. The normalized spacial score (nSPS) is 10.4. The Morgan fingerprint density at radius 3 is 2.32 bits per heavy atom. The largest absolute Gasteiger partial charge is 0.507 e. The van der Waals surface area contributed by atoms with Gasteiger partial charge in [0.15, 0.2) is 5.84 Å². The molecule has 0 spiro atoms. The van der Waals surface area contributed by atoms with Crippen molar-refractivity contribution in [3.05, 3.63) is 88.2 Å². The minimum atomic E-state index is -1.16. The summed E-state index contributed by atoms with van der Waals surface area (Å²) in [6.45, 7) is -0.0750. The quantitative estimate of drug-likeness (QED) is 0.111. The van der Waals surface area contributed by atoms with Gasteiger partial charge >= 0.3 is 5.97 Å². The highest BCUT2D eigenvalue weighted by Gasteiger charge is 2.08. The molecule has 1 aromatic heterocycles. The molecule has 13 nitrogen and oxygen atoms in total. The van der Waals surface area contributed by atoms with Crippen molar-refractivity contribution in [2.75, 3.05) is 12.3 Å². The molecule has 0 radical (unpaired) electrons. The number of nitro groups is 1. The number of rotatable bonds is 7. The molecule has 0 saturated carbocycles. The van der Waals surface area contributed by atoms with Crippen LogP contribution in [0.3, 0.4) is 0 Å². The number of hydrogen-bond donors (Lipinski definition) is 5. The van der Waals surface area contributed by atoms with Crippen LogP contribution in [-0.4, -0.2) is 44.4 Å². The van der Waals surface area contributed by atoms with Crippen molar-refractivity contribution in [2.45, 2.75) is 0 Å². The lowest BCUT2D eigenvalue weighted by Gasteiger charge is -2.06. The summed E-state index contributed by atoms with van der Waals surface area (Å²) in [6.07, 6.45) is 2.97.